The van der Waals surface area contributed by atoms with Gasteiger partial charge < -0.3 is 5.32 Å². The van der Waals surface area contributed by atoms with Crippen molar-refractivity contribution in [1.29, 1.82) is 0 Å². The van der Waals surface area contributed by atoms with Crippen LogP contribution in [0.2, 0.25) is 0 Å². The van der Waals surface area contributed by atoms with E-state index in [1.54, 1.807) is 0 Å². The number of alkyl halides is 1. The van der Waals surface area contributed by atoms with Crippen molar-refractivity contribution in [2.24, 2.45) is 0 Å². The fraction of sp³-hybridized carbons (Fsp3) is 0.286. The van der Waals surface area contributed by atoms with Crippen molar-refractivity contribution < 1.29 is 4.39 Å². The van der Waals surface area contributed by atoms with E-state index in [9.17, 15) is 4.39 Å². The number of hydrogen-bond acceptors (Lipinski definition) is 2. The molecule has 1 aromatic rings. The Kier molecular flexibility index (Phi) is 3.75. The Morgan fingerprint density at radius 3 is 3.00 bits per heavy atom. The SMILES string of the molecule is Fc1cc(Br)cnc1NCCCl. The molecule has 0 aliphatic rings. The van der Waals surface area contributed by atoms with Crippen LogP contribution in [-0.4, -0.2) is 17.4 Å². The van der Waals surface area contributed by atoms with Crippen molar-refractivity contribution >= 4 is 33.3 Å². The van der Waals surface area contributed by atoms with Gasteiger partial charge in [0.25, 0.3) is 0 Å². The van der Waals surface area contributed by atoms with Gasteiger partial charge in [-0.2, -0.15) is 0 Å². The molecule has 5 heteroatoms. The molecule has 0 atom stereocenters. The fourth-order valence-corrected chi connectivity index (χ4v) is 1.11. The van der Waals surface area contributed by atoms with Crippen molar-refractivity contribution in [2.45, 2.75) is 0 Å². The highest BCUT2D eigenvalue weighted by Crippen LogP contribution is 2.15. The average molecular weight is 254 g/mol. The van der Waals surface area contributed by atoms with Gasteiger partial charge in [0.1, 0.15) is 0 Å². The molecule has 2 nitrogen and oxygen atoms in total. The predicted molar refractivity (Wildman–Crippen MR) is 51.1 cm³/mol. The maximum atomic E-state index is 13.0. The summed E-state index contributed by atoms with van der Waals surface area (Å²) in [7, 11) is 0. The molecule has 1 heterocycles. The highest BCUT2D eigenvalue weighted by molar-refractivity contribution is 9.10. The Balaban J connectivity index is 2.72. The Morgan fingerprint density at radius 2 is 2.42 bits per heavy atom. The number of nitrogens with zero attached hydrogens (tertiary/aromatic N) is 1. The highest BCUT2D eigenvalue weighted by atomic mass is 79.9. The molecule has 0 amide bonds. The number of halogens is 3. The van der Waals surface area contributed by atoms with Crippen molar-refractivity contribution in [3.8, 4) is 0 Å². The van der Waals surface area contributed by atoms with Crippen molar-refractivity contribution in [1.82, 2.24) is 4.98 Å². The summed E-state index contributed by atoms with van der Waals surface area (Å²) in [6.45, 7) is 0.507. The molecular formula is C7H7BrClFN2. The molecule has 0 radical (unpaired) electrons. The summed E-state index contributed by atoms with van der Waals surface area (Å²) in [5.41, 5.74) is 0. The van der Waals surface area contributed by atoms with Gasteiger partial charge in [0.05, 0.1) is 0 Å². The van der Waals surface area contributed by atoms with Gasteiger partial charge in [-0.15, -0.1) is 11.6 Å². The summed E-state index contributed by atoms with van der Waals surface area (Å²) in [6, 6.07) is 1.35. The molecule has 0 spiro atoms. The second-order valence-corrected chi connectivity index (χ2v) is 3.39. The van der Waals surface area contributed by atoms with Gasteiger partial charge in [0, 0.05) is 23.1 Å². The minimum Gasteiger partial charge on any atom is -0.366 e. The maximum absolute atomic E-state index is 13.0. The molecule has 1 aromatic heterocycles. The van der Waals surface area contributed by atoms with E-state index in [0.29, 0.717) is 16.9 Å². The first-order valence-electron chi connectivity index (χ1n) is 3.35. The molecule has 0 aromatic carbocycles. The molecule has 1 rings (SSSR count). The minimum absolute atomic E-state index is 0.235. The largest absolute Gasteiger partial charge is 0.366 e. The van der Waals surface area contributed by atoms with Gasteiger partial charge in [-0.05, 0) is 22.0 Å². The molecule has 0 bridgehead atoms. The average Bonchev–Trinajstić information content (AvgIpc) is 2.03. The first-order valence-corrected chi connectivity index (χ1v) is 4.67. The van der Waals surface area contributed by atoms with E-state index in [1.165, 1.54) is 12.3 Å². The third kappa shape index (κ3) is 2.60. The van der Waals surface area contributed by atoms with Crippen molar-refractivity contribution in [3.63, 3.8) is 0 Å². The third-order valence-corrected chi connectivity index (χ3v) is 1.82. The monoisotopic (exact) mass is 252 g/mol. The van der Waals surface area contributed by atoms with Crippen LogP contribution in [0.15, 0.2) is 16.7 Å². The van der Waals surface area contributed by atoms with Gasteiger partial charge in [-0.25, -0.2) is 9.37 Å². The van der Waals surface area contributed by atoms with Crippen molar-refractivity contribution in [3.05, 3.63) is 22.6 Å². The molecule has 0 aliphatic carbocycles. The number of rotatable bonds is 3. The summed E-state index contributed by atoms with van der Waals surface area (Å²) in [4.78, 5) is 3.82. The number of hydrogen-bond donors (Lipinski definition) is 1. The van der Waals surface area contributed by atoms with E-state index in [-0.39, 0.29) is 11.6 Å². The van der Waals surface area contributed by atoms with E-state index >= 15 is 0 Å². The zero-order chi connectivity index (χ0) is 8.97. The van der Waals surface area contributed by atoms with Crippen LogP contribution in [0.3, 0.4) is 0 Å². The van der Waals surface area contributed by atoms with E-state index in [0.717, 1.165) is 0 Å². The lowest BCUT2D eigenvalue weighted by Gasteiger charge is -2.03. The Hall–Kier alpha value is -0.350. The minimum atomic E-state index is -0.380. The van der Waals surface area contributed by atoms with Crippen LogP contribution >= 0.6 is 27.5 Å². The lowest BCUT2D eigenvalue weighted by molar-refractivity contribution is 0.624. The molecular weight excluding hydrogens is 246 g/mol. The van der Waals surface area contributed by atoms with E-state index in [4.69, 9.17) is 11.6 Å². The van der Waals surface area contributed by atoms with Crippen LogP contribution in [0.25, 0.3) is 0 Å². The quantitative estimate of drug-likeness (QED) is 0.838. The normalized spacial score (nSPS) is 9.92. The standard InChI is InChI=1S/C7H7BrClFN2/c8-5-3-6(10)7(12-4-5)11-2-1-9/h3-4H,1-2H2,(H,11,12). The summed E-state index contributed by atoms with van der Waals surface area (Å²) in [5, 5.41) is 2.75. The maximum Gasteiger partial charge on any atom is 0.166 e. The smallest absolute Gasteiger partial charge is 0.166 e. The summed E-state index contributed by atoms with van der Waals surface area (Å²) in [5.74, 6) is 0.283. The second kappa shape index (κ2) is 4.62. The lowest BCUT2D eigenvalue weighted by atomic mass is 10.4. The fourth-order valence-electron chi connectivity index (χ4n) is 0.710. The van der Waals surface area contributed by atoms with E-state index in [1.807, 2.05) is 0 Å². The molecule has 0 saturated carbocycles. The predicted octanol–water partition coefficient (Wildman–Crippen LogP) is 2.63. The van der Waals surface area contributed by atoms with E-state index < -0.39 is 0 Å². The molecule has 1 N–H and O–H groups in total. The molecule has 0 unspecified atom stereocenters. The van der Waals surface area contributed by atoms with Gasteiger partial charge in [-0.3, -0.25) is 0 Å². The summed E-state index contributed by atoms with van der Waals surface area (Å²) in [6.07, 6.45) is 1.53. The number of aromatic nitrogens is 1. The number of anilines is 1. The topological polar surface area (TPSA) is 24.9 Å². The van der Waals surface area contributed by atoms with Gasteiger partial charge in [-0.1, -0.05) is 0 Å². The van der Waals surface area contributed by atoms with Crippen LogP contribution in [-0.2, 0) is 0 Å². The van der Waals surface area contributed by atoms with Gasteiger partial charge >= 0.3 is 0 Å². The van der Waals surface area contributed by atoms with E-state index in [2.05, 4.69) is 26.2 Å². The third-order valence-electron chi connectivity index (χ3n) is 1.19. The summed E-state index contributed by atoms with van der Waals surface area (Å²) < 4.78 is 13.6. The Morgan fingerprint density at radius 1 is 1.67 bits per heavy atom. The highest BCUT2D eigenvalue weighted by Gasteiger charge is 2.02. The van der Waals surface area contributed by atoms with Gasteiger partial charge in [0.2, 0.25) is 0 Å². The zero-order valence-corrected chi connectivity index (χ0v) is 8.49. The first kappa shape index (κ1) is 9.74. The van der Waals surface area contributed by atoms with Crippen LogP contribution in [0, 0.1) is 5.82 Å². The molecule has 0 aliphatic heterocycles. The van der Waals surface area contributed by atoms with Crippen LogP contribution < -0.4 is 5.32 Å². The first-order chi connectivity index (χ1) is 5.74. The molecule has 12 heavy (non-hydrogen) atoms. The van der Waals surface area contributed by atoms with Gasteiger partial charge in [0.15, 0.2) is 11.6 Å². The second-order valence-electron chi connectivity index (χ2n) is 2.10. The Bertz CT molecular complexity index is 270. The van der Waals surface area contributed by atoms with Crippen LogP contribution in [0.1, 0.15) is 0 Å². The molecule has 66 valence electrons. The lowest BCUT2D eigenvalue weighted by Crippen LogP contribution is -2.05. The van der Waals surface area contributed by atoms with Crippen LogP contribution in [0.5, 0.6) is 0 Å². The molecule has 0 saturated heterocycles. The number of nitrogens with one attached hydrogen (secondary N) is 1. The zero-order valence-electron chi connectivity index (χ0n) is 6.15. The number of pyridine rings is 1. The van der Waals surface area contributed by atoms with Crippen molar-refractivity contribution in [2.75, 3.05) is 17.7 Å². The summed E-state index contributed by atoms with van der Waals surface area (Å²) >= 11 is 8.52. The van der Waals surface area contributed by atoms with Crippen LogP contribution in [0.4, 0.5) is 10.2 Å². The molecule has 0 fully saturated rings. The Labute approximate surface area is 83.3 Å².